The largest absolute Gasteiger partial charge is 0.481 e. The lowest BCUT2D eigenvalue weighted by molar-refractivity contribution is -0.186. The fourth-order valence-electron chi connectivity index (χ4n) is 3.18. The Balaban J connectivity index is 1.95. The summed E-state index contributed by atoms with van der Waals surface area (Å²) in [5.74, 6) is -4.02. The van der Waals surface area contributed by atoms with Crippen molar-refractivity contribution in [3.05, 3.63) is 0 Å². The Bertz CT molecular complexity index is 425. The first-order valence-electron chi connectivity index (χ1n) is 6.65. The highest BCUT2D eigenvalue weighted by Crippen LogP contribution is 2.59. The molecule has 2 atom stereocenters. The van der Waals surface area contributed by atoms with Gasteiger partial charge in [-0.1, -0.05) is 13.8 Å². The summed E-state index contributed by atoms with van der Waals surface area (Å²) in [6, 6.07) is 0. The third kappa shape index (κ3) is 2.50. The van der Waals surface area contributed by atoms with Gasteiger partial charge in [-0.25, -0.2) is 0 Å². The van der Waals surface area contributed by atoms with Crippen LogP contribution in [0.2, 0.25) is 0 Å². The zero-order chi connectivity index (χ0) is 15.3. The Morgan fingerprint density at radius 1 is 1.15 bits per heavy atom. The van der Waals surface area contributed by atoms with Gasteiger partial charge in [0.2, 0.25) is 5.91 Å². The molecule has 2 aliphatic rings. The molecule has 1 saturated carbocycles. The van der Waals surface area contributed by atoms with Gasteiger partial charge in [-0.15, -0.1) is 0 Å². The lowest BCUT2D eigenvalue weighted by atomic mass is 9.95. The van der Waals surface area contributed by atoms with Gasteiger partial charge in [0.1, 0.15) is 0 Å². The van der Waals surface area contributed by atoms with E-state index in [1.807, 2.05) is 0 Å². The predicted molar refractivity (Wildman–Crippen MR) is 63.8 cm³/mol. The number of halogens is 3. The number of likely N-dealkylation sites (tertiary alicyclic amines) is 1. The molecule has 20 heavy (non-hydrogen) atoms. The molecule has 2 unspecified atom stereocenters. The first-order valence-corrected chi connectivity index (χ1v) is 6.65. The average molecular weight is 293 g/mol. The summed E-state index contributed by atoms with van der Waals surface area (Å²) in [5, 5.41) is 9.04. The maximum absolute atomic E-state index is 12.6. The van der Waals surface area contributed by atoms with Gasteiger partial charge >= 0.3 is 12.1 Å². The average Bonchev–Trinajstić information content (AvgIpc) is 2.90. The Labute approximate surface area is 114 Å². The standard InChI is InChI=1S/C13H18F3NO3/c1-12(2)8(9(12)11(19)20)10(18)17-5-3-7(4-6-17)13(14,15)16/h7-9H,3-6H2,1-2H3,(H,19,20). The normalized spacial score (nSPS) is 30.1. The molecule has 1 aliphatic heterocycles. The molecule has 1 N–H and O–H groups in total. The van der Waals surface area contributed by atoms with Crippen LogP contribution in [0.1, 0.15) is 26.7 Å². The zero-order valence-electron chi connectivity index (χ0n) is 11.4. The van der Waals surface area contributed by atoms with Crippen molar-refractivity contribution in [2.24, 2.45) is 23.2 Å². The van der Waals surface area contributed by atoms with Crippen LogP contribution in [-0.4, -0.2) is 41.1 Å². The van der Waals surface area contributed by atoms with E-state index >= 15 is 0 Å². The summed E-state index contributed by atoms with van der Waals surface area (Å²) >= 11 is 0. The number of hydrogen-bond acceptors (Lipinski definition) is 2. The monoisotopic (exact) mass is 293 g/mol. The summed E-state index contributed by atoms with van der Waals surface area (Å²) < 4.78 is 37.7. The van der Waals surface area contributed by atoms with E-state index in [0.29, 0.717) is 0 Å². The number of carboxylic acid groups (broad SMARTS) is 1. The maximum Gasteiger partial charge on any atom is 0.391 e. The van der Waals surface area contributed by atoms with Crippen LogP contribution in [0, 0.1) is 23.2 Å². The van der Waals surface area contributed by atoms with Crippen molar-refractivity contribution in [1.29, 1.82) is 0 Å². The van der Waals surface area contributed by atoms with Crippen LogP contribution in [0.4, 0.5) is 13.2 Å². The van der Waals surface area contributed by atoms with Gasteiger partial charge in [-0.2, -0.15) is 13.2 Å². The molecule has 1 amide bonds. The van der Waals surface area contributed by atoms with E-state index in [1.54, 1.807) is 13.8 Å². The molecule has 2 fully saturated rings. The topological polar surface area (TPSA) is 57.6 Å². The van der Waals surface area contributed by atoms with Gasteiger partial charge in [0.25, 0.3) is 0 Å². The molecule has 114 valence electrons. The highest BCUT2D eigenvalue weighted by atomic mass is 19.4. The number of amides is 1. The van der Waals surface area contributed by atoms with Crippen molar-refractivity contribution < 1.29 is 27.9 Å². The smallest absolute Gasteiger partial charge is 0.391 e. The summed E-state index contributed by atoms with van der Waals surface area (Å²) in [6.45, 7) is 3.53. The number of carbonyl (C=O) groups is 2. The minimum Gasteiger partial charge on any atom is -0.481 e. The molecule has 0 bridgehead atoms. The van der Waals surface area contributed by atoms with Gasteiger partial charge in [0, 0.05) is 13.1 Å². The second-order valence-corrected chi connectivity index (χ2v) is 6.26. The van der Waals surface area contributed by atoms with Crippen molar-refractivity contribution in [3.8, 4) is 0 Å². The number of nitrogens with zero attached hydrogens (tertiary/aromatic N) is 1. The van der Waals surface area contributed by atoms with Gasteiger partial charge < -0.3 is 10.0 Å². The molecule has 1 saturated heterocycles. The van der Waals surface area contributed by atoms with Crippen molar-refractivity contribution >= 4 is 11.9 Å². The first-order chi connectivity index (χ1) is 9.06. The lowest BCUT2D eigenvalue weighted by Crippen LogP contribution is -2.43. The molecular formula is C13H18F3NO3. The van der Waals surface area contributed by atoms with Gasteiger partial charge in [-0.05, 0) is 18.3 Å². The van der Waals surface area contributed by atoms with E-state index in [4.69, 9.17) is 5.11 Å². The molecule has 0 aromatic rings. The summed E-state index contributed by atoms with van der Waals surface area (Å²) in [5.41, 5.74) is -0.607. The van der Waals surface area contributed by atoms with E-state index in [2.05, 4.69) is 0 Å². The highest BCUT2D eigenvalue weighted by molar-refractivity contribution is 5.91. The Hall–Kier alpha value is -1.27. The first kappa shape index (κ1) is 15.1. The van der Waals surface area contributed by atoms with Crippen LogP contribution in [0.15, 0.2) is 0 Å². The molecule has 4 nitrogen and oxygen atoms in total. The SMILES string of the molecule is CC1(C)C(C(=O)O)C1C(=O)N1CCC(C(F)(F)F)CC1. The highest BCUT2D eigenvalue weighted by Gasteiger charge is 2.66. The molecule has 2 rings (SSSR count). The predicted octanol–water partition coefficient (Wildman–Crippen LogP) is 2.14. The number of hydrogen-bond donors (Lipinski definition) is 1. The third-order valence-corrected chi connectivity index (χ3v) is 4.63. The fourth-order valence-corrected chi connectivity index (χ4v) is 3.18. The van der Waals surface area contributed by atoms with Gasteiger partial charge in [-0.3, -0.25) is 9.59 Å². The number of alkyl halides is 3. The van der Waals surface area contributed by atoms with Crippen LogP contribution in [0.3, 0.4) is 0 Å². The van der Waals surface area contributed by atoms with E-state index in [1.165, 1.54) is 4.90 Å². The fraction of sp³-hybridized carbons (Fsp3) is 0.846. The Morgan fingerprint density at radius 3 is 2.00 bits per heavy atom. The minimum atomic E-state index is -4.21. The Morgan fingerprint density at radius 2 is 1.65 bits per heavy atom. The van der Waals surface area contributed by atoms with Crippen molar-refractivity contribution in [1.82, 2.24) is 4.90 Å². The second-order valence-electron chi connectivity index (χ2n) is 6.26. The van der Waals surface area contributed by atoms with Crippen molar-refractivity contribution in [2.45, 2.75) is 32.9 Å². The van der Waals surface area contributed by atoms with Crippen LogP contribution in [0.5, 0.6) is 0 Å². The molecule has 1 heterocycles. The van der Waals surface area contributed by atoms with Crippen molar-refractivity contribution in [3.63, 3.8) is 0 Å². The molecule has 0 spiro atoms. The van der Waals surface area contributed by atoms with E-state index in [-0.39, 0.29) is 31.8 Å². The lowest BCUT2D eigenvalue weighted by Gasteiger charge is -2.33. The molecule has 0 aromatic carbocycles. The van der Waals surface area contributed by atoms with Crippen LogP contribution < -0.4 is 0 Å². The van der Waals surface area contributed by atoms with Crippen LogP contribution in [-0.2, 0) is 9.59 Å². The molecule has 0 aromatic heterocycles. The number of aliphatic carboxylic acids is 1. The molecule has 7 heteroatoms. The Kier molecular flexibility index (Phi) is 3.50. The quantitative estimate of drug-likeness (QED) is 0.848. The minimum absolute atomic E-state index is 0.0575. The number of carboxylic acids is 1. The second kappa shape index (κ2) is 4.63. The van der Waals surface area contributed by atoms with E-state index < -0.39 is 35.3 Å². The van der Waals surface area contributed by atoms with Crippen LogP contribution >= 0.6 is 0 Å². The summed E-state index contributed by atoms with van der Waals surface area (Å²) in [7, 11) is 0. The van der Waals surface area contributed by atoms with E-state index in [0.717, 1.165) is 0 Å². The number of carbonyl (C=O) groups excluding carboxylic acids is 1. The molecule has 1 aliphatic carbocycles. The summed E-state index contributed by atoms with van der Waals surface area (Å²) in [4.78, 5) is 24.7. The van der Waals surface area contributed by atoms with Gasteiger partial charge in [0.05, 0.1) is 17.8 Å². The van der Waals surface area contributed by atoms with E-state index in [9.17, 15) is 22.8 Å². The number of piperidine rings is 1. The molecular weight excluding hydrogens is 275 g/mol. The van der Waals surface area contributed by atoms with Gasteiger partial charge in [0.15, 0.2) is 0 Å². The van der Waals surface area contributed by atoms with Crippen LogP contribution in [0.25, 0.3) is 0 Å². The number of rotatable bonds is 2. The molecule has 0 radical (unpaired) electrons. The maximum atomic E-state index is 12.6. The summed E-state index contributed by atoms with van der Waals surface area (Å²) in [6.07, 6.45) is -4.40. The zero-order valence-corrected chi connectivity index (χ0v) is 11.4. The third-order valence-electron chi connectivity index (χ3n) is 4.63. The van der Waals surface area contributed by atoms with Crippen molar-refractivity contribution in [2.75, 3.05) is 13.1 Å².